The fraction of sp³-hybridized carbons (Fsp3) is 0.316. The van der Waals surface area contributed by atoms with E-state index in [9.17, 15) is 4.79 Å². The lowest BCUT2D eigenvalue weighted by molar-refractivity contribution is 0.102. The molecule has 0 radical (unpaired) electrons. The van der Waals surface area contributed by atoms with E-state index in [0.717, 1.165) is 24.3 Å². The van der Waals surface area contributed by atoms with Crippen LogP contribution in [-0.2, 0) is 0 Å². The van der Waals surface area contributed by atoms with Gasteiger partial charge >= 0.3 is 0 Å². The number of piperidine rings is 1. The summed E-state index contributed by atoms with van der Waals surface area (Å²) >= 11 is 6.00. The van der Waals surface area contributed by atoms with Crippen molar-refractivity contribution in [2.45, 2.75) is 25.7 Å². The third-order valence-corrected chi connectivity index (χ3v) is 4.78. The van der Waals surface area contributed by atoms with Crippen molar-refractivity contribution in [3.05, 3.63) is 64.2 Å². The van der Waals surface area contributed by atoms with Crippen LogP contribution in [0.2, 0.25) is 5.02 Å². The number of rotatable bonds is 3. The van der Waals surface area contributed by atoms with E-state index >= 15 is 0 Å². The van der Waals surface area contributed by atoms with Crippen LogP contribution >= 0.6 is 24.0 Å². The predicted molar refractivity (Wildman–Crippen MR) is 103 cm³/mol. The summed E-state index contributed by atoms with van der Waals surface area (Å²) in [6.07, 6.45) is 2.45. The second-order valence-electron chi connectivity index (χ2n) is 6.08. The Morgan fingerprint density at radius 3 is 2.58 bits per heavy atom. The Hall–Kier alpha value is -1.55. The Labute approximate surface area is 154 Å². The summed E-state index contributed by atoms with van der Waals surface area (Å²) < 4.78 is 0. The number of carbonyl (C=O) groups is 1. The molecule has 1 fully saturated rings. The van der Waals surface area contributed by atoms with Gasteiger partial charge in [0.1, 0.15) is 0 Å². The van der Waals surface area contributed by atoms with Crippen LogP contribution in [0.3, 0.4) is 0 Å². The normalized spacial score (nSPS) is 17.0. The summed E-state index contributed by atoms with van der Waals surface area (Å²) in [7, 11) is 0. The highest BCUT2D eigenvalue weighted by Crippen LogP contribution is 2.24. The van der Waals surface area contributed by atoms with Gasteiger partial charge in [-0.3, -0.25) is 4.79 Å². The molecule has 1 atom stereocenters. The highest BCUT2D eigenvalue weighted by molar-refractivity contribution is 6.31. The van der Waals surface area contributed by atoms with Gasteiger partial charge in [-0.1, -0.05) is 23.7 Å². The Kier molecular flexibility index (Phi) is 6.67. The molecule has 1 aliphatic rings. The molecule has 0 aliphatic carbocycles. The Morgan fingerprint density at radius 2 is 1.96 bits per heavy atom. The smallest absolute Gasteiger partial charge is 0.255 e. The minimum Gasteiger partial charge on any atom is -0.322 e. The molecule has 3 nitrogen and oxygen atoms in total. The van der Waals surface area contributed by atoms with Crippen molar-refractivity contribution in [1.29, 1.82) is 0 Å². The Balaban J connectivity index is 0.00000208. The van der Waals surface area contributed by atoms with Crippen molar-refractivity contribution in [1.82, 2.24) is 5.32 Å². The molecular formula is C19H22Cl2N2O. The van der Waals surface area contributed by atoms with Gasteiger partial charge in [-0.25, -0.2) is 0 Å². The van der Waals surface area contributed by atoms with Gasteiger partial charge in [0, 0.05) is 22.8 Å². The molecule has 128 valence electrons. The van der Waals surface area contributed by atoms with Crippen LogP contribution in [0, 0.1) is 6.92 Å². The molecule has 3 rings (SSSR count). The second kappa shape index (κ2) is 8.52. The monoisotopic (exact) mass is 364 g/mol. The fourth-order valence-electron chi connectivity index (χ4n) is 2.96. The SMILES string of the molecule is Cc1cc(C(=O)Nc2ccc(C3CCCNC3)cc2)ccc1Cl.Cl. The van der Waals surface area contributed by atoms with E-state index in [1.54, 1.807) is 18.2 Å². The van der Waals surface area contributed by atoms with Gasteiger partial charge < -0.3 is 10.6 Å². The number of nitrogens with one attached hydrogen (secondary N) is 2. The molecule has 0 bridgehead atoms. The van der Waals surface area contributed by atoms with E-state index in [1.807, 2.05) is 19.1 Å². The highest BCUT2D eigenvalue weighted by Gasteiger charge is 2.15. The largest absolute Gasteiger partial charge is 0.322 e. The van der Waals surface area contributed by atoms with E-state index in [-0.39, 0.29) is 18.3 Å². The van der Waals surface area contributed by atoms with Gasteiger partial charge in [0.05, 0.1) is 0 Å². The van der Waals surface area contributed by atoms with E-state index in [2.05, 4.69) is 22.8 Å². The van der Waals surface area contributed by atoms with Crippen molar-refractivity contribution >= 4 is 35.6 Å². The summed E-state index contributed by atoms with van der Waals surface area (Å²) in [5, 5.41) is 7.04. The molecule has 1 unspecified atom stereocenters. The van der Waals surface area contributed by atoms with Crippen LogP contribution in [0.1, 0.15) is 40.2 Å². The summed E-state index contributed by atoms with van der Waals surface area (Å²) in [6.45, 7) is 4.05. The first-order valence-corrected chi connectivity index (χ1v) is 8.39. The number of hydrogen-bond acceptors (Lipinski definition) is 2. The Morgan fingerprint density at radius 1 is 1.21 bits per heavy atom. The lowest BCUT2D eigenvalue weighted by atomic mass is 9.91. The molecule has 2 N–H and O–H groups in total. The number of benzene rings is 2. The van der Waals surface area contributed by atoms with Crippen LogP contribution < -0.4 is 10.6 Å². The zero-order valence-electron chi connectivity index (χ0n) is 13.6. The topological polar surface area (TPSA) is 41.1 Å². The average molecular weight is 365 g/mol. The minimum absolute atomic E-state index is 0. The number of halogens is 2. The molecule has 2 aromatic carbocycles. The van der Waals surface area contributed by atoms with E-state index in [0.29, 0.717) is 16.5 Å². The lowest BCUT2D eigenvalue weighted by Crippen LogP contribution is -2.28. The van der Waals surface area contributed by atoms with Gasteiger partial charge in [0.2, 0.25) is 0 Å². The molecule has 0 spiro atoms. The zero-order valence-corrected chi connectivity index (χ0v) is 15.2. The van der Waals surface area contributed by atoms with E-state index in [4.69, 9.17) is 11.6 Å². The molecular weight excluding hydrogens is 343 g/mol. The number of amides is 1. The lowest BCUT2D eigenvalue weighted by Gasteiger charge is -2.23. The van der Waals surface area contributed by atoms with Crippen LogP contribution in [0.15, 0.2) is 42.5 Å². The van der Waals surface area contributed by atoms with Crippen LogP contribution in [0.4, 0.5) is 5.69 Å². The molecule has 1 heterocycles. The summed E-state index contributed by atoms with van der Waals surface area (Å²) in [5.74, 6) is 0.462. The predicted octanol–water partition coefficient (Wildman–Crippen LogP) is 4.79. The molecule has 1 saturated heterocycles. The number of anilines is 1. The molecule has 1 aliphatic heterocycles. The summed E-state index contributed by atoms with van der Waals surface area (Å²) in [5.41, 5.74) is 3.67. The first-order valence-electron chi connectivity index (χ1n) is 8.01. The molecule has 1 amide bonds. The molecule has 5 heteroatoms. The van der Waals surface area contributed by atoms with Crippen LogP contribution in [-0.4, -0.2) is 19.0 Å². The van der Waals surface area contributed by atoms with E-state index < -0.39 is 0 Å². The standard InChI is InChI=1S/C19H21ClN2O.ClH/c1-13-11-15(6-9-18(13)20)19(23)22-17-7-4-14(5-8-17)16-3-2-10-21-12-16;/h4-9,11,16,21H,2-3,10,12H2,1H3,(H,22,23);1H. The maximum absolute atomic E-state index is 12.3. The van der Waals surface area contributed by atoms with Gasteiger partial charge in [-0.05, 0) is 73.7 Å². The fourth-order valence-corrected chi connectivity index (χ4v) is 3.08. The van der Waals surface area contributed by atoms with Gasteiger partial charge in [0.25, 0.3) is 5.91 Å². The Bertz CT molecular complexity index is 695. The molecule has 2 aromatic rings. The average Bonchev–Trinajstić information content (AvgIpc) is 2.59. The third-order valence-electron chi connectivity index (χ3n) is 4.36. The van der Waals surface area contributed by atoms with Crippen molar-refractivity contribution in [3.63, 3.8) is 0 Å². The zero-order chi connectivity index (χ0) is 16.2. The van der Waals surface area contributed by atoms with Gasteiger partial charge in [-0.15, -0.1) is 12.4 Å². The van der Waals surface area contributed by atoms with Crippen molar-refractivity contribution in [2.75, 3.05) is 18.4 Å². The first kappa shape index (κ1) is 18.8. The number of hydrogen-bond donors (Lipinski definition) is 2. The van der Waals surface area contributed by atoms with Gasteiger partial charge in [0.15, 0.2) is 0 Å². The summed E-state index contributed by atoms with van der Waals surface area (Å²) in [4.78, 5) is 12.3. The molecule has 0 saturated carbocycles. The quantitative estimate of drug-likeness (QED) is 0.821. The van der Waals surface area contributed by atoms with Crippen molar-refractivity contribution in [3.8, 4) is 0 Å². The first-order chi connectivity index (χ1) is 11.1. The third kappa shape index (κ3) is 4.50. The summed E-state index contributed by atoms with van der Waals surface area (Å²) in [6, 6.07) is 13.5. The van der Waals surface area contributed by atoms with Crippen molar-refractivity contribution in [2.24, 2.45) is 0 Å². The maximum atomic E-state index is 12.3. The van der Waals surface area contributed by atoms with Gasteiger partial charge in [-0.2, -0.15) is 0 Å². The maximum Gasteiger partial charge on any atom is 0.255 e. The van der Waals surface area contributed by atoms with Crippen LogP contribution in [0.25, 0.3) is 0 Å². The highest BCUT2D eigenvalue weighted by atomic mass is 35.5. The molecule has 24 heavy (non-hydrogen) atoms. The van der Waals surface area contributed by atoms with Crippen LogP contribution in [0.5, 0.6) is 0 Å². The van der Waals surface area contributed by atoms with Crippen molar-refractivity contribution < 1.29 is 4.79 Å². The minimum atomic E-state index is -0.114. The second-order valence-corrected chi connectivity index (χ2v) is 6.49. The number of aryl methyl sites for hydroxylation is 1. The van der Waals surface area contributed by atoms with E-state index in [1.165, 1.54) is 18.4 Å². The number of carbonyl (C=O) groups excluding carboxylic acids is 1. The molecule has 0 aromatic heterocycles.